The van der Waals surface area contributed by atoms with Crippen molar-refractivity contribution in [3.8, 4) is 5.75 Å². The number of benzene rings is 3. The second-order valence-corrected chi connectivity index (χ2v) is 7.98. The third kappa shape index (κ3) is 5.05. The molecule has 3 rings (SSSR count). The Bertz CT molecular complexity index is 1000. The van der Waals surface area contributed by atoms with Crippen LogP contribution in [0.2, 0.25) is 0 Å². The lowest BCUT2D eigenvalue weighted by Gasteiger charge is -2.12. The first-order valence-corrected chi connectivity index (χ1v) is 9.99. The predicted molar refractivity (Wildman–Crippen MR) is 116 cm³/mol. The van der Waals surface area contributed by atoms with Gasteiger partial charge in [-0.3, -0.25) is 4.99 Å². The van der Waals surface area contributed by atoms with Gasteiger partial charge in [-0.15, -0.1) is 0 Å². The van der Waals surface area contributed by atoms with Crippen LogP contribution >= 0.6 is 31.9 Å². The van der Waals surface area contributed by atoms with Crippen molar-refractivity contribution in [1.29, 1.82) is 0 Å². The fourth-order valence-corrected chi connectivity index (χ4v) is 3.92. The average Bonchev–Trinajstić information content (AvgIpc) is 2.63. The number of rotatable bonds is 5. The van der Waals surface area contributed by atoms with Crippen molar-refractivity contribution in [3.05, 3.63) is 91.6 Å². The average molecular weight is 491 g/mol. The highest BCUT2D eigenvalue weighted by Gasteiger charge is 2.11. The number of halogens is 3. The van der Waals surface area contributed by atoms with E-state index in [1.807, 2.05) is 24.3 Å². The van der Waals surface area contributed by atoms with Crippen molar-refractivity contribution in [2.75, 3.05) is 0 Å². The molecule has 0 saturated carbocycles. The predicted octanol–water partition coefficient (Wildman–Crippen LogP) is 7.30. The molecule has 0 spiro atoms. The summed E-state index contributed by atoms with van der Waals surface area (Å²) in [5.41, 5.74) is 4.59. The van der Waals surface area contributed by atoms with Gasteiger partial charge in [0, 0.05) is 21.8 Å². The molecule has 2 nitrogen and oxygen atoms in total. The van der Waals surface area contributed by atoms with Gasteiger partial charge in [0.2, 0.25) is 0 Å². The molecule has 0 aromatic heterocycles. The van der Waals surface area contributed by atoms with Gasteiger partial charge in [-0.05, 0) is 71.2 Å². The van der Waals surface area contributed by atoms with E-state index < -0.39 is 0 Å². The fourth-order valence-electron chi connectivity index (χ4n) is 2.54. The third-order valence-electron chi connectivity index (χ3n) is 4.21. The normalized spacial score (nSPS) is 11.1. The summed E-state index contributed by atoms with van der Waals surface area (Å²) in [4.78, 5) is 4.57. The van der Waals surface area contributed by atoms with Crippen LogP contribution in [0.3, 0.4) is 0 Å². The molecule has 3 aromatic carbocycles. The molecule has 27 heavy (non-hydrogen) atoms. The lowest BCUT2D eigenvalue weighted by molar-refractivity contribution is 0.297. The Kier molecular flexibility index (Phi) is 6.45. The molecule has 5 heteroatoms. The quantitative estimate of drug-likeness (QED) is 0.344. The van der Waals surface area contributed by atoms with Gasteiger partial charge in [0.15, 0.2) is 0 Å². The van der Waals surface area contributed by atoms with E-state index in [9.17, 15) is 4.39 Å². The van der Waals surface area contributed by atoms with Gasteiger partial charge in [-0.2, -0.15) is 0 Å². The van der Waals surface area contributed by atoms with Gasteiger partial charge in [0.05, 0.1) is 10.2 Å². The zero-order chi connectivity index (χ0) is 19.4. The summed E-state index contributed by atoms with van der Waals surface area (Å²) in [5.74, 6) is 0.338. The molecule has 0 saturated heterocycles. The van der Waals surface area contributed by atoms with E-state index in [0.29, 0.717) is 11.3 Å². The Balaban J connectivity index is 1.89. The van der Waals surface area contributed by atoms with Crippen molar-refractivity contribution in [2.45, 2.75) is 20.5 Å². The lowest BCUT2D eigenvalue weighted by Crippen LogP contribution is -2.01. The zero-order valence-electron chi connectivity index (χ0n) is 15.0. The molecule has 3 aromatic rings. The van der Waals surface area contributed by atoms with Crippen LogP contribution in [-0.4, -0.2) is 6.21 Å². The summed E-state index contributed by atoms with van der Waals surface area (Å²) in [5, 5.41) is 0. The monoisotopic (exact) mass is 489 g/mol. The summed E-state index contributed by atoms with van der Waals surface area (Å²) in [6.07, 6.45) is 1.76. The van der Waals surface area contributed by atoms with Crippen LogP contribution in [-0.2, 0) is 6.61 Å². The van der Waals surface area contributed by atoms with Gasteiger partial charge in [0.1, 0.15) is 18.2 Å². The Morgan fingerprint density at radius 1 is 1.00 bits per heavy atom. The minimum Gasteiger partial charge on any atom is -0.487 e. The van der Waals surface area contributed by atoms with Crippen LogP contribution in [0.1, 0.15) is 22.3 Å². The second-order valence-electron chi connectivity index (χ2n) is 6.21. The van der Waals surface area contributed by atoms with Crippen LogP contribution < -0.4 is 4.74 Å². The van der Waals surface area contributed by atoms with Crippen LogP contribution in [0.4, 0.5) is 10.1 Å². The first-order chi connectivity index (χ1) is 12.9. The highest BCUT2D eigenvalue weighted by Crippen LogP contribution is 2.33. The molecule has 0 aliphatic carbocycles. The Morgan fingerprint density at radius 3 is 2.52 bits per heavy atom. The van der Waals surface area contributed by atoms with Gasteiger partial charge in [0.25, 0.3) is 0 Å². The highest BCUT2D eigenvalue weighted by molar-refractivity contribution is 9.11. The van der Waals surface area contributed by atoms with E-state index >= 15 is 0 Å². The van der Waals surface area contributed by atoms with Crippen molar-refractivity contribution >= 4 is 43.8 Å². The summed E-state index contributed by atoms with van der Waals surface area (Å²) >= 11 is 7.02. The van der Waals surface area contributed by atoms with E-state index in [1.54, 1.807) is 24.4 Å². The molecule has 0 bridgehead atoms. The molecule has 0 amide bonds. The maximum atomic E-state index is 13.9. The third-order valence-corrected chi connectivity index (χ3v) is 5.26. The van der Waals surface area contributed by atoms with E-state index in [0.717, 1.165) is 20.2 Å². The smallest absolute Gasteiger partial charge is 0.142 e. The summed E-state index contributed by atoms with van der Waals surface area (Å²) in [6.45, 7) is 4.27. The molecule has 0 radical (unpaired) electrons. The minimum absolute atomic E-state index is 0.136. The highest BCUT2D eigenvalue weighted by atomic mass is 79.9. The van der Waals surface area contributed by atoms with Crippen LogP contribution in [0.5, 0.6) is 5.75 Å². The standard InChI is InChI=1S/C22H18Br2FNO/c1-14-7-8-19(9-15(14)2)26-12-17-10-18(23)11-20(24)22(17)27-13-16-5-3-4-6-21(16)25/h3-12H,13H2,1-2H3. The van der Waals surface area contributed by atoms with Crippen molar-refractivity contribution in [2.24, 2.45) is 4.99 Å². The maximum absolute atomic E-state index is 13.9. The lowest BCUT2D eigenvalue weighted by atomic mass is 10.1. The molecule has 0 unspecified atom stereocenters. The van der Waals surface area contributed by atoms with Crippen LogP contribution in [0.25, 0.3) is 0 Å². The Hall–Kier alpha value is -1.98. The van der Waals surface area contributed by atoms with E-state index in [4.69, 9.17) is 4.74 Å². The molecule has 0 atom stereocenters. The Labute approximate surface area is 175 Å². The largest absolute Gasteiger partial charge is 0.487 e. The second kappa shape index (κ2) is 8.81. The number of hydrogen-bond acceptors (Lipinski definition) is 2. The molecular weight excluding hydrogens is 473 g/mol. The topological polar surface area (TPSA) is 21.6 Å². The summed E-state index contributed by atoms with van der Waals surface area (Å²) in [7, 11) is 0. The van der Waals surface area contributed by atoms with E-state index in [-0.39, 0.29) is 12.4 Å². The van der Waals surface area contributed by atoms with Gasteiger partial charge in [-0.25, -0.2) is 4.39 Å². The number of aliphatic imine (C=N–C) groups is 1. The molecule has 0 aliphatic rings. The Morgan fingerprint density at radius 2 is 1.78 bits per heavy atom. The fraction of sp³-hybridized carbons (Fsp3) is 0.136. The molecule has 0 fully saturated rings. The van der Waals surface area contributed by atoms with Crippen LogP contribution in [0.15, 0.2) is 68.5 Å². The maximum Gasteiger partial charge on any atom is 0.142 e. The number of hydrogen-bond donors (Lipinski definition) is 0. The number of ether oxygens (including phenoxy) is 1. The molecule has 0 heterocycles. The molecule has 0 N–H and O–H groups in total. The first-order valence-electron chi connectivity index (χ1n) is 8.40. The van der Waals surface area contributed by atoms with Gasteiger partial charge in [-0.1, -0.05) is 40.2 Å². The van der Waals surface area contributed by atoms with Crippen molar-refractivity contribution < 1.29 is 9.13 Å². The van der Waals surface area contributed by atoms with E-state index in [1.165, 1.54) is 17.2 Å². The summed E-state index contributed by atoms with van der Waals surface area (Å²) in [6, 6.07) is 16.5. The van der Waals surface area contributed by atoms with Gasteiger partial charge < -0.3 is 4.74 Å². The zero-order valence-corrected chi connectivity index (χ0v) is 18.1. The van der Waals surface area contributed by atoms with Crippen LogP contribution in [0, 0.1) is 19.7 Å². The minimum atomic E-state index is -0.281. The first kappa shape index (κ1) is 19.8. The van der Waals surface area contributed by atoms with Crippen molar-refractivity contribution in [3.63, 3.8) is 0 Å². The van der Waals surface area contributed by atoms with Gasteiger partial charge >= 0.3 is 0 Å². The van der Waals surface area contributed by atoms with Crippen molar-refractivity contribution in [1.82, 2.24) is 0 Å². The number of aryl methyl sites for hydroxylation is 2. The molecule has 0 aliphatic heterocycles. The SMILES string of the molecule is Cc1ccc(N=Cc2cc(Br)cc(Br)c2OCc2ccccc2F)cc1C. The molecule has 138 valence electrons. The number of nitrogens with zero attached hydrogens (tertiary/aromatic N) is 1. The molecular formula is C22H18Br2FNO. The summed E-state index contributed by atoms with van der Waals surface area (Å²) < 4.78 is 21.5. The van der Waals surface area contributed by atoms with E-state index in [2.05, 4.69) is 56.8 Å².